The van der Waals surface area contributed by atoms with Gasteiger partial charge in [0.15, 0.2) is 5.82 Å². The Kier molecular flexibility index (Phi) is 7.15. The van der Waals surface area contributed by atoms with Crippen molar-refractivity contribution in [2.45, 2.75) is 63.1 Å². The third-order valence-electron chi connectivity index (χ3n) is 9.93. The SMILES string of the molecule is [2H]C([2H])(Oc1nc(N2CCOC[C@H]3[C@H](F)[C@H]32)c2c(OC(C)C)nc(-c3cc(N)cc4ccc(F)c(C#C)c34)c(F)c2n1)[C@@]12CCCN1C[C@H](F)C2. The number of nitrogens with two attached hydrogens (primary N) is 1. The number of nitrogen functional groups attached to an aromatic ring is 1. The molecule has 9 nitrogen and oxygen atoms in total. The molecule has 4 aromatic rings. The molecule has 0 amide bonds. The standard InChI is InChI=1S/C36H36F4N6O3/c1-4-22-25(38)7-6-19-12-21(41)13-23(26(19)22)30-29(40)31-27(34(42-30)49-18(2)3)33(46-10-11-47-16-24-28(39)32(24)46)44-35(43-31)48-17-36-8-5-9-45(36)15-20(37)14-36/h1,6-7,12-13,18,20,24,28,32H,5,8-11,14-17,41H2,2-3H3/t20-,24+,28+,32+,36+/m1/s1/i17D2. The first-order valence-corrected chi connectivity index (χ1v) is 16.5. The van der Waals surface area contributed by atoms with Crippen LogP contribution in [0.15, 0.2) is 24.3 Å². The van der Waals surface area contributed by atoms with Crippen LogP contribution in [0.1, 0.15) is 41.4 Å². The average molecular weight is 679 g/mol. The lowest BCUT2D eigenvalue weighted by atomic mass is 9.95. The highest BCUT2D eigenvalue weighted by Crippen LogP contribution is 2.48. The number of rotatable bonds is 7. The molecule has 256 valence electrons. The van der Waals surface area contributed by atoms with E-state index >= 15 is 13.2 Å². The first-order valence-electron chi connectivity index (χ1n) is 17.5. The summed E-state index contributed by atoms with van der Waals surface area (Å²) in [6.45, 7) is 2.10. The maximum Gasteiger partial charge on any atom is 0.319 e. The van der Waals surface area contributed by atoms with Crippen molar-refractivity contribution in [1.82, 2.24) is 19.9 Å². The smallest absolute Gasteiger partial charge is 0.319 e. The quantitative estimate of drug-likeness (QED) is 0.152. The number of halogens is 4. The average Bonchev–Trinajstić information content (AvgIpc) is 3.43. The minimum atomic E-state index is -2.51. The van der Waals surface area contributed by atoms with Gasteiger partial charge < -0.3 is 24.8 Å². The van der Waals surface area contributed by atoms with Crippen LogP contribution in [0.25, 0.3) is 32.9 Å². The summed E-state index contributed by atoms with van der Waals surface area (Å²) >= 11 is 0. The van der Waals surface area contributed by atoms with Crippen molar-refractivity contribution in [3.8, 4) is 35.5 Å². The molecule has 3 saturated heterocycles. The summed E-state index contributed by atoms with van der Waals surface area (Å²) in [6, 6.07) is 4.46. The van der Waals surface area contributed by atoms with E-state index in [-0.39, 0.29) is 83.2 Å². The molecule has 1 aliphatic carbocycles. The summed E-state index contributed by atoms with van der Waals surface area (Å²) < 4.78 is 98.5. The molecule has 2 aromatic heterocycles. The summed E-state index contributed by atoms with van der Waals surface area (Å²) in [5.74, 6) is 0.0863. The van der Waals surface area contributed by atoms with Crippen LogP contribution in [0, 0.1) is 29.9 Å². The summed E-state index contributed by atoms with van der Waals surface area (Å²) in [4.78, 5) is 17.1. The number of benzene rings is 2. The van der Waals surface area contributed by atoms with E-state index in [2.05, 4.69) is 20.9 Å². The lowest BCUT2D eigenvalue weighted by Crippen LogP contribution is -2.43. The molecule has 5 heterocycles. The third-order valence-corrected chi connectivity index (χ3v) is 9.93. The van der Waals surface area contributed by atoms with Crippen molar-refractivity contribution >= 4 is 33.2 Å². The number of fused-ring (bicyclic) bond motifs is 4. The van der Waals surface area contributed by atoms with Gasteiger partial charge in [-0.05, 0) is 56.8 Å². The summed E-state index contributed by atoms with van der Waals surface area (Å²) in [5, 5.41) is 0.622. The second kappa shape index (κ2) is 11.9. The molecule has 0 unspecified atom stereocenters. The van der Waals surface area contributed by atoms with E-state index in [4.69, 9.17) is 29.1 Å². The predicted molar refractivity (Wildman–Crippen MR) is 177 cm³/mol. The molecule has 2 N–H and O–H groups in total. The fourth-order valence-electron chi connectivity index (χ4n) is 7.72. The highest BCUT2D eigenvalue weighted by molar-refractivity contribution is 6.04. The van der Waals surface area contributed by atoms with E-state index in [1.165, 1.54) is 18.2 Å². The Balaban J connectivity index is 1.39. The highest BCUT2D eigenvalue weighted by Gasteiger charge is 2.57. The van der Waals surface area contributed by atoms with Gasteiger partial charge >= 0.3 is 6.01 Å². The van der Waals surface area contributed by atoms with E-state index in [9.17, 15) is 4.39 Å². The lowest BCUT2D eigenvalue weighted by Gasteiger charge is -2.31. The molecular formula is C36H36F4N6O3. The number of pyridine rings is 1. The second-order valence-electron chi connectivity index (χ2n) is 13.5. The summed E-state index contributed by atoms with van der Waals surface area (Å²) in [6.07, 6.45) is 3.61. The van der Waals surface area contributed by atoms with Crippen LogP contribution in [-0.2, 0) is 4.74 Å². The van der Waals surface area contributed by atoms with Gasteiger partial charge in [-0.1, -0.05) is 12.0 Å². The van der Waals surface area contributed by atoms with Crippen LogP contribution in [0.2, 0.25) is 0 Å². The molecule has 4 aliphatic rings. The van der Waals surface area contributed by atoms with E-state index in [1.807, 2.05) is 0 Å². The van der Waals surface area contributed by atoms with E-state index in [0.717, 1.165) is 0 Å². The maximum absolute atomic E-state index is 17.3. The number of hydrogen-bond donors (Lipinski definition) is 1. The molecule has 49 heavy (non-hydrogen) atoms. The van der Waals surface area contributed by atoms with Gasteiger partial charge in [-0.15, -0.1) is 6.42 Å². The number of alkyl halides is 2. The van der Waals surface area contributed by atoms with Crippen LogP contribution in [-0.4, -0.2) is 89.3 Å². The monoisotopic (exact) mass is 678 g/mol. The minimum absolute atomic E-state index is 0.000446. The Morgan fingerprint density at radius 3 is 2.82 bits per heavy atom. The predicted octanol–water partition coefficient (Wildman–Crippen LogP) is 5.60. The van der Waals surface area contributed by atoms with Gasteiger partial charge in [0.1, 0.15) is 47.1 Å². The zero-order valence-corrected chi connectivity index (χ0v) is 27.0. The lowest BCUT2D eigenvalue weighted by molar-refractivity contribution is 0.107. The van der Waals surface area contributed by atoms with Gasteiger partial charge in [0.25, 0.3) is 0 Å². The number of aromatic nitrogens is 3. The molecule has 0 bridgehead atoms. The fraction of sp³-hybridized carbons (Fsp3) is 0.472. The van der Waals surface area contributed by atoms with Gasteiger partial charge in [-0.3, -0.25) is 4.90 Å². The first kappa shape index (κ1) is 29.5. The number of ether oxygens (including phenoxy) is 3. The third kappa shape index (κ3) is 5.27. The van der Waals surface area contributed by atoms with Crippen molar-refractivity contribution in [3.63, 3.8) is 0 Å². The highest BCUT2D eigenvalue weighted by atomic mass is 19.1. The molecule has 8 rings (SSSR count). The van der Waals surface area contributed by atoms with E-state index in [0.29, 0.717) is 24.8 Å². The van der Waals surface area contributed by atoms with Crippen molar-refractivity contribution in [2.75, 3.05) is 50.0 Å². The van der Waals surface area contributed by atoms with Crippen LogP contribution >= 0.6 is 0 Å². The molecular weight excluding hydrogens is 640 g/mol. The van der Waals surface area contributed by atoms with E-state index < -0.39 is 60.1 Å². The van der Waals surface area contributed by atoms with Gasteiger partial charge in [-0.2, -0.15) is 9.97 Å². The number of anilines is 2. The Morgan fingerprint density at radius 2 is 2.02 bits per heavy atom. The van der Waals surface area contributed by atoms with E-state index in [1.54, 1.807) is 29.7 Å². The number of hydrogen-bond acceptors (Lipinski definition) is 9. The van der Waals surface area contributed by atoms with Crippen molar-refractivity contribution in [3.05, 3.63) is 41.5 Å². The first-order chi connectivity index (χ1) is 24.3. The minimum Gasteiger partial charge on any atom is -0.474 e. The zero-order valence-electron chi connectivity index (χ0n) is 29.0. The van der Waals surface area contributed by atoms with Crippen molar-refractivity contribution in [2.24, 2.45) is 5.92 Å². The fourth-order valence-corrected chi connectivity index (χ4v) is 7.72. The topological polar surface area (TPSA) is 98.9 Å². The Hall–Kier alpha value is -4.41. The molecule has 13 heteroatoms. The van der Waals surface area contributed by atoms with Gasteiger partial charge in [-0.25, -0.2) is 22.5 Å². The Bertz CT molecular complexity index is 2120. The Labute approximate surface area is 283 Å². The van der Waals surface area contributed by atoms with Crippen molar-refractivity contribution in [1.29, 1.82) is 0 Å². The van der Waals surface area contributed by atoms with Gasteiger partial charge in [0, 0.05) is 42.1 Å². The number of terminal acetylenes is 1. The summed E-state index contributed by atoms with van der Waals surface area (Å²) in [5.41, 5.74) is 4.43. The molecule has 1 saturated carbocycles. The zero-order chi connectivity index (χ0) is 36.0. The normalized spacial score (nSPS) is 27.4. The molecule has 2 aromatic carbocycles. The Morgan fingerprint density at radius 1 is 1.18 bits per heavy atom. The van der Waals surface area contributed by atoms with Gasteiger partial charge in [0.2, 0.25) is 5.88 Å². The summed E-state index contributed by atoms with van der Waals surface area (Å²) in [7, 11) is 0. The molecule has 0 radical (unpaired) electrons. The maximum atomic E-state index is 17.3. The van der Waals surface area contributed by atoms with Crippen LogP contribution in [0.4, 0.5) is 29.1 Å². The molecule has 3 aliphatic heterocycles. The molecule has 4 fully saturated rings. The van der Waals surface area contributed by atoms with Crippen molar-refractivity contribution < 1.29 is 34.5 Å². The number of nitrogens with zero attached hydrogens (tertiary/aromatic N) is 5. The van der Waals surface area contributed by atoms with Crippen LogP contribution in [0.5, 0.6) is 11.9 Å². The van der Waals surface area contributed by atoms with Gasteiger partial charge in [0.05, 0.1) is 39.2 Å². The molecule has 0 spiro atoms. The van der Waals surface area contributed by atoms with Crippen LogP contribution < -0.4 is 20.1 Å². The molecule has 5 atom stereocenters. The largest absolute Gasteiger partial charge is 0.474 e. The van der Waals surface area contributed by atoms with Crippen LogP contribution in [0.3, 0.4) is 0 Å². The second-order valence-corrected chi connectivity index (χ2v) is 13.5.